The van der Waals surface area contributed by atoms with Gasteiger partial charge in [0.05, 0.1) is 22.8 Å². The van der Waals surface area contributed by atoms with E-state index in [1.165, 1.54) is 12.1 Å². The number of imidazole rings is 1. The highest BCUT2D eigenvalue weighted by molar-refractivity contribution is 5.96. The Hall–Kier alpha value is -3.30. The van der Waals surface area contributed by atoms with Gasteiger partial charge in [-0.25, -0.2) is 4.79 Å². The molecule has 0 radical (unpaired) electrons. The highest BCUT2D eigenvalue weighted by Gasteiger charge is 2.26. The maximum atomic E-state index is 12.3. The van der Waals surface area contributed by atoms with Gasteiger partial charge >= 0.3 is 5.69 Å². The Kier molecular flexibility index (Phi) is 5.47. The zero-order valence-corrected chi connectivity index (χ0v) is 17.4. The number of aryl methyl sites for hydroxylation is 1. The average Bonchev–Trinajstić information content (AvgIpc) is 3.04. The van der Waals surface area contributed by atoms with Crippen LogP contribution in [0.3, 0.4) is 0 Å². The van der Waals surface area contributed by atoms with Gasteiger partial charge < -0.3 is 30.6 Å². The molecule has 1 aliphatic heterocycles. The fraction of sp³-hybridized carbons (Fsp3) is 0.364. The Morgan fingerprint density at radius 1 is 1.26 bits per heavy atom. The van der Waals surface area contributed by atoms with E-state index in [-0.39, 0.29) is 36.0 Å². The molecule has 5 N–H and O–H groups in total. The van der Waals surface area contributed by atoms with Crippen molar-refractivity contribution < 1.29 is 19.7 Å². The molecule has 1 aliphatic rings. The predicted octanol–water partition coefficient (Wildman–Crippen LogP) is 1.86. The first-order valence-electron chi connectivity index (χ1n) is 10.1. The van der Waals surface area contributed by atoms with Crippen LogP contribution < -0.4 is 21.1 Å². The number of nitrogens with one attached hydrogen (secondary N) is 3. The summed E-state index contributed by atoms with van der Waals surface area (Å²) in [4.78, 5) is 26.7. The van der Waals surface area contributed by atoms with Gasteiger partial charge in [-0.1, -0.05) is 12.1 Å². The third-order valence-electron chi connectivity index (χ3n) is 5.50. The molecule has 2 heterocycles. The third-order valence-corrected chi connectivity index (χ3v) is 5.50. The molecule has 2 aromatic carbocycles. The number of amides is 1. The van der Waals surface area contributed by atoms with E-state index in [0.29, 0.717) is 30.0 Å². The molecule has 0 fully saturated rings. The van der Waals surface area contributed by atoms with Gasteiger partial charge in [-0.05, 0) is 38.5 Å². The molecule has 0 unspecified atom stereocenters. The van der Waals surface area contributed by atoms with Crippen molar-refractivity contribution in [2.24, 2.45) is 0 Å². The van der Waals surface area contributed by atoms with Crippen LogP contribution in [-0.2, 0) is 11.3 Å². The number of nitrogens with zero attached hydrogens (tertiary/aromatic N) is 1. The minimum Gasteiger partial charge on any atom is -0.508 e. The third kappa shape index (κ3) is 4.42. The molecule has 31 heavy (non-hydrogen) atoms. The number of aromatic amines is 1. The largest absolute Gasteiger partial charge is 0.508 e. The van der Waals surface area contributed by atoms with Crippen LogP contribution in [0.4, 0.5) is 5.69 Å². The molecule has 9 nitrogen and oxygen atoms in total. The Balaban J connectivity index is 1.43. The normalized spacial score (nSPS) is 14.7. The fourth-order valence-corrected chi connectivity index (χ4v) is 3.75. The summed E-state index contributed by atoms with van der Waals surface area (Å²) in [6, 6.07) is 10.4. The van der Waals surface area contributed by atoms with Crippen molar-refractivity contribution in [3.05, 3.63) is 52.4 Å². The highest BCUT2D eigenvalue weighted by Crippen LogP contribution is 2.38. The molecule has 0 saturated carbocycles. The van der Waals surface area contributed by atoms with Crippen molar-refractivity contribution in [3.63, 3.8) is 0 Å². The molecule has 1 aromatic heterocycles. The van der Waals surface area contributed by atoms with Gasteiger partial charge in [-0.2, -0.15) is 0 Å². The number of hydrogen-bond acceptors (Lipinski definition) is 6. The SMILES string of the molecule is CC(C)(CCn1c(=O)[nH]c2ccccc21)NC[C@H](O)c1cc(O)cc2c1OCC(=O)N2. The zero-order valence-electron chi connectivity index (χ0n) is 17.4. The number of H-pyrrole nitrogens is 1. The number of β-amino-alcohol motifs (C(OH)–C–C–N with tert-alkyl or cyclic N) is 1. The predicted molar refractivity (Wildman–Crippen MR) is 116 cm³/mol. The summed E-state index contributed by atoms with van der Waals surface area (Å²) in [5.41, 5.74) is 1.85. The summed E-state index contributed by atoms with van der Waals surface area (Å²) < 4.78 is 7.18. The lowest BCUT2D eigenvalue weighted by atomic mass is 9.99. The number of phenolic OH excluding ortho intramolecular Hbond substituents is 1. The van der Waals surface area contributed by atoms with Crippen molar-refractivity contribution in [1.29, 1.82) is 0 Å². The van der Waals surface area contributed by atoms with Gasteiger partial charge in [0.1, 0.15) is 11.5 Å². The van der Waals surface area contributed by atoms with Gasteiger partial charge in [0.25, 0.3) is 5.91 Å². The molecule has 9 heteroatoms. The molecule has 1 atom stereocenters. The fourth-order valence-electron chi connectivity index (χ4n) is 3.75. The van der Waals surface area contributed by atoms with Crippen molar-refractivity contribution >= 4 is 22.6 Å². The van der Waals surface area contributed by atoms with Crippen molar-refractivity contribution in [3.8, 4) is 11.5 Å². The molecule has 0 aliphatic carbocycles. The summed E-state index contributed by atoms with van der Waals surface area (Å²) in [6.45, 7) is 4.55. The van der Waals surface area contributed by atoms with E-state index >= 15 is 0 Å². The minimum absolute atomic E-state index is 0.0726. The quantitative estimate of drug-likeness (QED) is 0.392. The maximum absolute atomic E-state index is 12.3. The van der Waals surface area contributed by atoms with Crippen LogP contribution in [0.15, 0.2) is 41.2 Å². The number of benzene rings is 2. The minimum atomic E-state index is -0.967. The van der Waals surface area contributed by atoms with Crippen LogP contribution in [0.2, 0.25) is 0 Å². The second-order valence-electron chi connectivity index (χ2n) is 8.38. The van der Waals surface area contributed by atoms with E-state index in [1.807, 2.05) is 38.1 Å². The number of carbonyl (C=O) groups is 1. The highest BCUT2D eigenvalue weighted by atomic mass is 16.5. The summed E-state index contributed by atoms with van der Waals surface area (Å²) in [7, 11) is 0. The summed E-state index contributed by atoms with van der Waals surface area (Å²) >= 11 is 0. The Labute approximate surface area is 178 Å². The van der Waals surface area contributed by atoms with Crippen molar-refractivity contribution in [1.82, 2.24) is 14.9 Å². The topological polar surface area (TPSA) is 129 Å². The van der Waals surface area contributed by atoms with Gasteiger partial charge in [-0.3, -0.25) is 9.36 Å². The van der Waals surface area contributed by atoms with Crippen LogP contribution in [0.5, 0.6) is 11.5 Å². The van der Waals surface area contributed by atoms with Crippen LogP contribution in [0.25, 0.3) is 11.0 Å². The average molecular weight is 426 g/mol. The van der Waals surface area contributed by atoms with E-state index in [4.69, 9.17) is 4.74 Å². The number of fused-ring (bicyclic) bond motifs is 2. The lowest BCUT2D eigenvalue weighted by molar-refractivity contribution is -0.118. The number of aromatic hydroxyl groups is 1. The van der Waals surface area contributed by atoms with Gasteiger partial charge in [0.2, 0.25) is 0 Å². The van der Waals surface area contributed by atoms with Gasteiger partial charge in [0.15, 0.2) is 6.61 Å². The molecule has 164 valence electrons. The Morgan fingerprint density at radius 3 is 2.84 bits per heavy atom. The Bertz CT molecular complexity index is 1180. The number of anilines is 1. The standard InChI is InChI=1S/C22H26N4O5/c1-22(2,7-8-26-17-6-4-3-5-15(17)25-21(26)30)23-11-18(28)14-9-13(27)10-16-20(14)31-12-19(29)24-16/h3-6,9-10,18,23,27-28H,7-8,11-12H2,1-2H3,(H,24,29)(H,25,30)/t18-/m0/s1. The molecule has 0 spiro atoms. The second-order valence-corrected chi connectivity index (χ2v) is 8.38. The smallest absolute Gasteiger partial charge is 0.326 e. The summed E-state index contributed by atoms with van der Waals surface area (Å²) in [5, 5.41) is 26.7. The van der Waals surface area contributed by atoms with Crippen molar-refractivity contribution in [2.75, 3.05) is 18.5 Å². The van der Waals surface area contributed by atoms with Crippen LogP contribution in [0, 0.1) is 0 Å². The monoisotopic (exact) mass is 426 g/mol. The number of phenols is 1. The number of rotatable bonds is 7. The Morgan fingerprint density at radius 2 is 2.03 bits per heavy atom. The van der Waals surface area contributed by atoms with Gasteiger partial charge in [-0.15, -0.1) is 0 Å². The molecular formula is C22H26N4O5. The number of ether oxygens (including phenoxy) is 1. The molecule has 0 saturated heterocycles. The number of aliphatic hydroxyl groups is 1. The molecule has 0 bridgehead atoms. The maximum Gasteiger partial charge on any atom is 0.326 e. The van der Waals surface area contributed by atoms with E-state index in [9.17, 15) is 19.8 Å². The molecule has 3 aromatic rings. The van der Waals surface area contributed by atoms with Crippen LogP contribution in [0.1, 0.15) is 31.9 Å². The summed E-state index contributed by atoms with van der Waals surface area (Å²) in [6.07, 6.45) is -0.322. The second kappa shape index (κ2) is 8.09. The van der Waals surface area contributed by atoms with E-state index < -0.39 is 6.10 Å². The van der Waals surface area contributed by atoms with Gasteiger partial charge in [0, 0.05) is 30.3 Å². The van der Waals surface area contributed by atoms with E-state index in [0.717, 1.165) is 11.0 Å². The summed E-state index contributed by atoms with van der Waals surface area (Å²) in [5.74, 6) is -0.0308. The number of carbonyl (C=O) groups excluding carboxylic acids is 1. The number of para-hydroxylation sites is 2. The first-order chi connectivity index (χ1) is 14.7. The van der Waals surface area contributed by atoms with Crippen LogP contribution in [-0.4, -0.2) is 44.4 Å². The zero-order chi connectivity index (χ0) is 22.2. The van der Waals surface area contributed by atoms with E-state index in [1.54, 1.807) is 4.57 Å². The van der Waals surface area contributed by atoms with Crippen LogP contribution >= 0.6 is 0 Å². The lowest BCUT2D eigenvalue weighted by Gasteiger charge is -2.29. The van der Waals surface area contributed by atoms with E-state index in [2.05, 4.69) is 15.6 Å². The number of aromatic nitrogens is 2. The lowest BCUT2D eigenvalue weighted by Crippen LogP contribution is -2.43. The van der Waals surface area contributed by atoms with Crippen molar-refractivity contribution in [2.45, 2.75) is 38.5 Å². The first kappa shape index (κ1) is 21.0. The number of aliphatic hydroxyl groups excluding tert-OH is 1. The molecular weight excluding hydrogens is 400 g/mol. The molecule has 4 rings (SSSR count). The first-order valence-corrected chi connectivity index (χ1v) is 10.1. The molecule has 1 amide bonds. The number of hydrogen-bond donors (Lipinski definition) is 5.